The van der Waals surface area contributed by atoms with Gasteiger partial charge in [-0.25, -0.2) is 0 Å². The van der Waals surface area contributed by atoms with Gasteiger partial charge in [-0.2, -0.15) is 0 Å². The zero-order chi connectivity index (χ0) is 15.5. The number of unbranched alkanes of at least 4 members (excludes halogenated alkanes) is 1. The minimum Gasteiger partial charge on any atom is -0.366 e. The summed E-state index contributed by atoms with van der Waals surface area (Å²) in [6.45, 7) is 2.18. The Labute approximate surface area is 131 Å². The molecular formula is C19H24N2O. The maximum Gasteiger partial charge on any atom is 0.249 e. The Bertz CT molecular complexity index is 706. The van der Waals surface area contributed by atoms with E-state index in [-0.39, 0.29) is 5.91 Å². The van der Waals surface area contributed by atoms with Crippen LogP contribution in [0.2, 0.25) is 0 Å². The van der Waals surface area contributed by atoms with E-state index in [2.05, 4.69) is 13.0 Å². The summed E-state index contributed by atoms with van der Waals surface area (Å²) in [7, 11) is 0. The Morgan fingerprint density at radius 2 is 2.05 bits per heavy atom. The number of carbonyl (C=O) groups excluding carboxylic acids is 1. The topological polar surface area (TPSA) is 56.0 Å². The van der Waals surface area contributed by atoms with Crippen molar-refractivity contribution in [2.45, 2.75) is 58.3 Å². The maximum atomic E-state index is 12.2. The summed E-state index contributed by atoms with van der Waals surface area (Å²) < 4.78 is 0. The number of aryl methyl sites for hydroxylation is 2. The molecule has 1 aromatic carbocycles. The number of aromatic nitrogens is 1. The molecule has 0 unspecified atom stereocenters. The molecule has 0 fully saturated rings. The first-order chi connectivity index (χ1) is 10.7. The highest BCUT2D eigenvalue weighted by Crippen LogP contribution is 2.31. The summed E-state index contributed by atoms with van der Waals surface area (Å²) in [5, 5.41) is 1.00. The molecule has 116 valence electrons. The molecule has 0 atom stereocenters. The van der Waals surface area contributed by atoms with E-state index in [1.807, 2.05) is 12.1 Å². The molecule has 0 saturated heterocycles. The largest absolute Gasteiger partial charge is 0.366 e. The lowest BCUT2D eigenvalue weighted by atomic mass is 9.92. The minimum absolute atomic E-state index is 0.297. The predicted octanol–water partition coefficient (Wildman–Crippen LogP) is 3.95. The SMILES string of the molecule is CCCCc1cccc2nc3c(c(C(N)=O)c12)CCCCC3. The third kappa shape index (κ3) is 2.72. The summed E-state index contributed by atoms with van der Waals surface area (Å²) in [5.74, 6) is -0.297. The fourth-order valence-corrected chi connectivity index (χ4v) is 3.57. The Morgan fingerprint density at radius 1 is 1.23 bits per heavy atom. The fourth-order valence-electron chi connectivity index (χ4n) is 3.57. The van der Waals surface area contributed by atoms with Gasteiger partial charge in [-0.1, -0.05) is 31.9 Å². The van der Waals surface area contributed by atoms with Gasteiger partial charge in [-0.3, -0.25) is 9.78 Å². The quantitative estimate of drug-likeness (QED) is 0.869. The first-order valence-electron chi connectivity index (χ1n) is 8.45. The van der Waals surface area contributed by atoms with Crippen LogP contribution < -0.4 is 5.73 Å². The van der Waals surface area contributed by atoms with Crippen molar-refractivity contribution in [1.29, 1.82) is 0 Å². The van der Waals surface area contributed by atoms with E-state index in [0.29, 0.717) is 0 Å². The number of nitrogens with zero attached hydrogens (tertiary/aromatic N) is 1. The van der Waals surface area contributed by atoms with E-state index in [0.717, 1.165) is 72.7 Å². The van der Waals surface area contributed by atoms with Crippen LogP contribution in [0, 0.1) is 0 Å². The van der Waals surface area contributed by atoms with Crippen molar-refractivity contribution in [2.24, 2.45) is 5.73 Å². The van der Waals surface area contributed by atoms with Gasteiger partial charge in [0.2, 0.25) is 5.91 Å². The molecule has 3 heteroatoms. The lowest BCUT2D eigenvalue weighted by Gasteiger charge is -2.16. The molecule has 22 heavy (non-hydrogen) atoms. The molecule has 1 heterocycles. The Kier molecular flexibility index (Phi) is 4.41. The van der Waals surface area contributed by atoms with Gasteiger partial charge in [0.25, 0.3) is 0 Å². The fraction of sp³-hybridized carbons (Fsp3) is 0.474. The van der Waals surface area contributed by atoms with Crippen LogP contribution >= 0.6 is 0 Å². The molecule has 0 bridgehead atoms. The first kappa shape index (κ1) is 15.0. The van der Waals surface area contributed by atoms with E-state index < -0.39 is 0 Å². The highest BCUT2D eigenvalue weighted by Gasteiger charge is 2.21. The van der Waals surface area contributed by atoms with Gasteiger partial charge in [0.15, 0.2) is 0 Å². The molecule has 0 spiro atoms. The summed E-state index contributed by atoms with van der Waals surface area (Å²) in [5.41, 5.74) is 10.9. The molecule has 1 aliphatic carbocycles. The smallest absolute Gasteiger partial charge is 0.249 e. The number of nitrogens with two attached hydrogens (primary N) is 1. The third-order valence-corrected chi connectivity index (χ3v) is 4.67. The second kappa shape index (κ2) is 6.47. The van der Waals surface area contributed by atoms with Crippen LogP contribution in [-0.4, -0.2) is 10.9 Å². The van der Waals surface area contributed by atoms with Crippen molar-refractivity contribution >= 4 is 16.8 Å². The van der Waals surface area contributed by atoms with Crippen LogP contribution in [0.4, 0.5) is 0 Å². The van der Waals surface area contributed by atoms with Gasteiger partial charge in [-0.15, -0.1) is 0 Å². The number of fused-ring (bicyclic) bond motifs is 2. The van der Waals surface area contributed by atoms with E-state index in [9.17, 15) is 4.79 Å². The molecular weight excluding hydrogens is 272 g/mol. The van der Waals surface area contributed by atoms with Crippen molar-refractivity contribution in [3.05, 3.63) is 40.6 Å². The standard InChI is InChI=1S/C19H24N2O/c1-2-3-8-13-9-7-12-16-17(13)18(19(20)22)14-10-5-4-6-11-15(14)21-16/h7,9,12H,2-6,8,10-11H2,1H3,(H2,20,22). The maximum absolute atomic E-state index is 12.2. The average molecular weight is 296 g/mol. The number of hydrogen-bond acceptors (Lipinski definition) is 2. The van der Waals surface area contributed by atoms with Gasteiger partial charge < -0.3 is 5.73 Å². The molecule has 1 amide bonds. The highest BCUT2D eigenvalue weighted by atomic mass is 16.1. The van der Waals surface area contributed by atoms with Crippen molar-refractivity contribution in [3.63, 3.8) is 0 Å². The van der Waals surface area contributed by atoms with E-state index in [1.54, 1.807) is 0 Å². The minimum atomic E-state index is -0.297. The molecule has 3 rings (SSSR count). The Balaban J connectivity index is 2.28. The van der Waals surface area contributed by atoms with Gasteiger partial charge >= 0.3 is 0 Å². The van der Waals surface area contributed by atoms with E-state index in [1.165, 1.54) is 12.0 Å². The second-order valence-electron chi connectivity index (χ2n) is 6.25. The molecule has 1 aliphatic rings. The lowest BCUT2D eigenvalue weighted by molar-refractivity contribution is 0.100. The zero-order valence-corrected chi connectivity index (χ0v) is 13.3. The Morgan fingerprint density at radius 3 is 2.82 bits per heavy atom. The van der Waals surface area contributed by atoms with Gasteiger partial charge in [-0.05, 0) is 55.7 Å². The second-order valence-corrected chi connectivity index (χ2v) is 6.25. The van der Waals surface area contributed by atoms with Crippen molar-refractivity contribution in [3.8, 4) is 0 Å². The summed E-state index contributed by atoms with van der Waals surface area (Å²) >= 11 is 0. The molecule has 3 nitrogen and oxygen atoms in total. The zero-order valence-electron chi connectivity index (χ0n) is 13.3. The molecule has 2 N–H and O–H groups in total. The molecule has 0 aliphatic heterocycles. The van der Waals surface area contributed by atoms with Gasteiger partial charge in [0.1, 0.15) is 0 Å². The average Bonchev–Trinajstić information content (AvgIpc) is 2.75. The summed E-state index contributed by atoms with van der Waals surface area (Å²) in [6.07, 6.45) is 8.61. The number of pyridine rings is 1. The highest BCUT2D eigenvalue weighted by molar-refractivity contribution is 6.08. The normalized spacial score (nSPS) is 14.6. The molecule has 1 aromatic heterocycles. The number of amides is 1. The van der Waals surface area contributed by atoms with Crippen LogP contribution in [0.1, 0.15) is 66.2 Å². The van der Waals surface area contributed by atoms with Crippen molar-refractivity contribution in [1.82, 2.24) is 4.98 Å². The van der Waals surface area contributed by atoms with Gasteiger partial charge in [0, 0.05) is 11.1 Å². The number of primary amides is 1. The van der Waals surface area contributed by atoms with Crippen LogP contribution in [0.3, 0.4) is 0 Å². The van der Waals surface area contributed by atoms with Crippen LogP contribution in [-0.2, 0) is 19.3 Å². The first-order valence-corrected chi connectivity index (χ1v) is 8.45. The summed E-state index contributed by atoms with van der Waals surface area (Å²) in [4.78, 5) is 17.1. The molecule has 0 saturated carbocycles. The molecule has 2 aromatic rings. The Hall–Kier alpha value is -1.90. The van der Waals surface area contributed by atoms with Crippen molar-refractivity contribution < 1.29 is 4.79 Å². The number of benzene rings is 1. The number of hydrogen-bond donors (Lipinski definition) is 1. The third-order valence-electron chi connectivity index (χ3n) is 4.67. The van der Waals surface area contributed by atoms with Crippen LogP contribution in [0.5, 0.6) is 0 Å². The predicted molar refractivity (Wildman–Crippen MR) is 90.1 cm³/mol. The van der Waals surface area contributed by atoms with E-state index in [4.69, 9.17) is 10.7 Å². The molecule has 0 radical (unpaired) electrons. The number of rotatable bonds is 4. The lowest BCUT2D eigenvalue weighted by Crippen LogP contribution is -2.17. The van der Waals surface area contributed by atoms with Crippen LogP contribution in [0.25, 0.3) is 10.9 Å². The van der Waals surface area contributed by atoms with Gasteiger partial charge in [0.05, 0.1) is 11.1 Å². The summed E-state index contributed by atoms with van der Waals surface area (Å²) in [6, 6.07) is 6.19. The number of carbonyl (C=O) groups is 1. The van der Waals surface area contributed by atoms with Crippen LogP contribution in [0.15, 0.2) is 18.2 Å². The monoisotopic (exact) mass is 296 g/mol. The van der Waals surface area contributed by atoms with Crippen molar-refractivity contribution in [2.75, 3.05) is 0 Å². The van der Waals surface area contributed by atoms with E-state index >= 15 is 0 Å².